The second-order valence-electron chi connectivity index (χ2n) is 4.37. The summed E-state index contributed by atoms with van der Waals surface area (Å²) in [5.74, 6) is 0.683. The summed E-state index contributed by atoms with van der Waals surface area (Å²) in [6, 6.07) is 12.7. The Hall–Kier alpha value is -1.95. The number of rotatable bonds is 6. The van der Waals surface area contributed by atoms with Gasteiger partial charge in [-0.2, -0.15) is 0 Å². The van der Waals surface area contributed by atoms with Gasteiger partial charge >= 0.3 is 6.72 Å². The molecule has 1 N–H and O–H groups in total. The summed E-state index contributed by atoms with van der Waals surface area (Å²) < 4.78 is 10.7. The number of hydrogen-bond donors (Lipinski definition) is 1. The maximum Gasteiger partial charge on any atom is 0.432 e. The molecule has 0 aliphatic carbocycles. The van der Waals surface area contributed by atoms with Gasteiger partial charge in [0.05, 0.1) is 4.92 Å². The first kappa shape index (κ1) is 16.4. The maximum absolute atomic E-state index is 10.8. The normalized spacial score (nSPS) is 13.2. The van der Waals surface area contributed by atoms with Gasteiger partial charge in [0.1, 0.15) is 11.5 Å². The van der Waals surface area contributed by atoms with Crippen LogP contribution < -0.4 is 9.05 Å². The molecule has 2 aromatic rings. The molecule has 0 fully saturated rings. The first-order chi connectivity index (χ1) is 10.4. The van der Waals surface area contributed by atoms with E-state index in [1.165, 1.54) is 18.2 Å². The highest BCUT2D eigenvalue weighted by Gasteiger charge is 2.21. The second kappa shape index (κ2) is 6.87. The van der Waals surface area contributed by atoms with Crippen molar-refractivity contribution in [2.24, 2.45) is 0 Å². The van der Waals surface area contributed by atoms with Gasteiger partial charge < -0.3 is 13.9 Å². The first-order valence-electron chi connectivity index (χ1n) is 6.45. The summed E-state index contributed by atoms with van der Waals surface area (Å²) in [6.07, 6.45) is 0.498. The Morgan fingerprint density at radius 1 is 1.23 bits per heavy atom. The van der Waals surface area contributed by atoms with Crippen molar-refractivity contribution < 1.29 is 18.9 Å². The van der Waals surface area contributed by atoms with Gasteiger partial charge in [0, 0.05) is 29.5 Å². The number of hydrogen-bond acceptors (Lipinski definition) is 5. The highest BCUT2D eigenvalue weighted by molar-refractivity contribution is 8.07. The molecule has 6 nitrogen and oxygen atoms in total. The van der Waals surface area contributed by atoms with Crippen LogP contribution in [0.25, 0.3) is 0 Å². The van der Waals surface area contributed by atoms with Crippen LogP contribution >= 0.6 is 6.72 Å². The molecule has 1 atom stereocenters. The zero-order valence-electron chi connectivity index (χ0n) is 11.7. The lowest BCUT2D eigenvalue weighted by Gasteiger charge is -2.19. The van der Waals surface area contributed by atoms with E-state index in [1.807, 2.05) is 6.92 Å². The van der Waals surface area contributed by atoms with E-state index in [2.05, 4.69) is 0 Å². The zero-order valence-corrected chi connectivity index (χ0v) is 13.4. The Kier molecular flexibility index (Phi) is 5.13. The summed E-state index contributed by atoms with van der Waals surface area (Å²) >= 11 is 4.99. The number of benzene rings is 2. The van der Waals surface area contributed by atoms with E-state index in [0.717, 1.165) is 0 Å². The molecule has 0 saturated carbocycles. The highest BCUT2D eigenvalue weighted by Crippen LogP contribution is 2.46. The van der Waals surface area contributed by atoms with Crippen molar-refractivity contribution in [1.29, 1.82) is 0 Å². The number of non-ortho nitro benzene ring substituents is 1. The predicted molar refractivity (Wildman–Crippen MR) is 86.7 cm³/mol. The molecule has 0 aliphatic rings. The van der Waals surface area contributed by atoms with Gasteiger partial charge in [0.25, 0.3) is 5.69 Å². The molecule has 2 rings (SSSR count). The van der Waals surface area contributed by atoms with Gasteiger partial charge in [0.15, 0.2) is 0 Å². The van der Waals surface area contributed by atoms with Crippen molar-refractivity contribution in [1.82, 2.24) is 0 Å². The first-order valence-corrected chi connectivity index (χ1v) is 9.04. The minimum atomic E-state index is -3.55. The van der Waals surface area contributed by atoms with Gasteiger partial charge in [-0.25, -0.2) is 0 Å². The molecule has 0 aromatic heterocycles. The fraction of sp³-hybridized carbons (Fsp3) is 0.143. The van der Waals surface area contributed by atoms with Crippen LogP contribution in [-0.4, -0.2) is 9.82 Å². The summed E-state index contributed by atoms with van der Waals surface area (Å²) in [7, 11) is 0. The SMILES string of the molecule is CCc1cc([N+](=O)[O-])ccc1OP(O)(=S)Oc1ccccc1. The number of para-hydroxylation sites is 1. The minimum absolute atomic E-state index is 0.0422. The summed E-state index contributed by atoms with van der Waals surface area (Å²) in [5.41, 5.74) is 0.536. The van der Waals surface area contributed by atoms with Gasteiger partial charge in [-0.1, -0.05) is 25.1 Å². The van der Waals surface area contributed by atoms with Crippen LogP contribution in [0.1, 0.15) is 12.5 Å². The lowest BCUT2D eigenvalue weighted by atomic mass is 10.1. The monoisotopic (exact) mass is 339 g/mol. The molecule has 116 valence electrons. The van der Waals surface area contributed by atoms with Crippen molar-refractivity contribution in [2.75, 3.05) is 0 Å². The molecule has 8 heteroatoms. The fourth-order valence-corrected chi connectivity index (χ4v) is 3.15. The van der Waals surface area contributed by atoms with Crippen LogP contribution in [0.5, 0.6) is 11.5 Å². The second-order valence-corrected chi connectivity index (χ2v) is 7.05. The number of nitro groups is 1. The highest BCUT2D eigenvalue weighted by atomic mass is 32.5. The molecular formula is C14H14NO5PS. The molecule has 0 aliphatic heterocycles. The lowest BCUT2D eigenvalue weighted by Crippen LogP contribution is -2.02. The van der Waals surface area contributed by atoms with E-state index in [0.29, 0.717) is 17.7 Å². The minimum Gasteiger partial charge on any atom is -0.416 e. The van der Waals surface area contributed by atoms with Crippen LogP contribution in [-0.2, 0) is 18.2 Å². The molecule has 0 heterocycles. The Bertz CT molecular complexity index is 722. The molecular weight excluding hydrogens is 325 g/mol. The molecule has 0 amide bonds. The van der Waals surface area contributed by atoms with E-state index in [4.69, 9.17) is 20.9 Å². The van der Waals surface area contributed by atoms with Crippen LogP contribution in [0.15, 0.2) is 48.5 Å². The topological polar surface area (TPSA) is 81.8 Å². The number of aryl methyl sites for hydroxylation is 1. The smallest absolute Gasteiger partial charge is 0.416 e. The van der Waals surface area contributed by atoms with Gasteiger partial charge in [-0.05, 0) is 24.6 Å². The van der Waals surface area contributed by atoms with Crippen molar-refractivity contribution in [3.05, 3.63) is 64.2 Å². The third kappa shape index (κ3) is 4.27. The largest absolute Gasteiger partial charge is 0.432 e. The van der Waals surface area contributed by atoms with E-state index < -0.39 is 11.6 Å². The molecule has 0 bridgehead atoms. The number of nitrogens with zero attached hydrogens (tertiary/aromatic N) is 1. The van der Waals surface area contributed by atoms with Crippen molar-refractivity contribution >= 4 is 24.2 Å². The van der Waals surface area contributed by atoms with E-state index in [-0.39, 0.29) is 11.4 Å². The van der Waals surface area contributed by atoms with Crippen LogP contribution in [0.2, 0.25) is 0 Å². The Morgan fingerprint density at radius 2 is 1.91 bits per heavy atom. The fourth-order valence-electron chi connectivity index (χ4n) is 1.80. The van der Waals surface area contributed by atoms with Gasteiger partial charge in [-0.15, -0.1) is 0 Å². The molecule has 0 saturated heterocycles. The van der Waals surface area contributed by atoms with Crippen molar-refractivity contribution in [2.45, 2.75) is 13.3 Å². The Morgan fingerprint density at radius 3 is 2.50 bits per heavy atom. The zero-order chi connectivity index (χ0) is 16.2. The van der Waals surface area contributed by atoms with Crippen molar-refractivity contribution in [3.8, 4) is 11.5 Å². The van der Waals surface area contributed by atoms with Crippen LogP contribution in [0.4, 0.5) is 5.69 Å². The van der Waals surface area contributed by atoms with Gasteiger partial charge in [-0.3, -0.25) is 10.1 Å². The molecule has 22 heavy (non-hydrogen) atoms. The maximum atomic E-state index is 10.8. The standard InChI is InChI=1S/C14H14NO5PS/c1-2-11-10-12(15(16)17)8-9-14(11)20-21(18,22)19-13-6-4-3-5-7-13/h3-10H,2H2,1H3,(H,18,22). The summed E-state index contributed by atoms with van der Waals surface area (Å²) in [4.78, 5) is 20.5. The Labute approximate surface area is 132 Å². The predicted octanol–water partition coefficient (Wildman–Crippen LogP) is 3.83. The van der Waals surface area contributed by atoms with Crippen LogP contribution in [0, 0.1) is 10.1 Å². The van der Waals surface area contributed by atoms with Crippen LogP contribution in [0.3, 0.4) is 0 Å². The average Bonchev–Trinajstić information content (AvgIpc) is 2.47. The van der Waals surface area contributed by atoms with Crippen molar-refractivity contribution in [3.63, 3.8) is 0 Å². The Balaban J connectivity index is 2.22. The molecule has 0 spiro atoms. The van der Waals surface area contributed by atoms with Gasteiger partial charge in [0.2, 0.25) is 0 Å². The summed E-state index contributed by atoms with van der Waals surface area (Å²) in [6.45, 7) is -1.73. The third-order valence-corrected chi connectivity index (χ3v) is 4.13. The average molecular weight is 339 g/mol. The quantitative estimate of drug-likeness (QED) is 0.489. The van der Waals surface area contributed by atoms with E-state index >= 15 is 0 Å². The lowest BCUT2D eigenvalue weighted by molar-refractivity contribution is -0.384. The number of nitro benzene ring substituents is 1. The van der Waals surface area contributed by atoms with E-state index in [1.54, 1.807) is 30.3 Å². The summed E-state index contributed by atoms with van der Waals surface area (Å²) in [5, 5.41) is 10.8. The third-order valence-electron chi connectivity index (χ3n) is 2.81. The van der Waals surface area contributed by atoms with E-state index in [9.17, 15) is 15.0 Å². The molecule has 0 radical (unpaired) electrons. The molecule has 2 aromatic carbocycles. The molecule has 1 unspecified atom stereocenters.